The van der Waals surface area contributed by atoms with Crippen LogP contribution in [0.15, 0.2) is 36.5 Å². The monoisotopic (exact) mass is 723 g/mol. The summed E-state index contributed by atoms with van der Waals surface area (Å²) in [5.74, 6) is 0.159. The Kier molecular flexibility index (Phi) is 9.44. The number of amides is 5. The Morgan fingerprint density at radius 2 is 0.962 bits per heavy atom. The van der Waals surface area contributed by atoms with Gasteiger partial charge in [0.15, 0.2) is 0 Å². The lowest BCUT2D eigenvalue weighted by atomic mass is 9.80. The van der Waals surface area contributed by atoms with Crippen molar-refractivity contribution in [3.63, 3.8) is 0 Å². The second-order valence-corrected chi connectivity index (χ2v) is 18.3. The van der Waals surface area contributed by atoms with Crippen LogP contribution in [0.5, 0.6) is 0 Å². The maximum Gasteiger partial charge on any atom is 0.417 e. The predicted molar refractivity (Wildman–Crippen MR) is 187 cm³/mol. The van der Waals surface area contributed by atoms with Crippen molar-refractivity contribution in [3.05, 3.63) is 36.5 Å². The standard InChI is InChI=1S/C13H19NO4.2C13H17NO3/c1-13(2,3)18-12(17)14-10-8-5-4-7(6-8)9(10)11(15)16;2*1-13(2,3)17-12(16)14-10-8-5-4-7(6-8)9(10)11(14)15/h4-5,7-10H,6H2,1-3H3,(H,14,17)(H,15,16);2*4-5,7-10H,6H2,1-3H3/t2*7-,8+,9+,10-;7-,8+,9-,10+/m011/s1. The van der Waals surface area contributed by atoms with Gasteiger partial charge in [-0.15, -0.1) is 0 Å². The number of hydrogen-bond acceptors (Lipinski definition) is 9. The largest absolute Gasteiger partial charge is 0.481 e. The molecule has 6 bridgehead atoms. The van der Waals surface area contributed by atoms with Crippen molar-refractivity contribution < 1.29 is 48.1 Å². The Morgan fingerprint density at radius 3 is 1.37 bits per heavy atom. The van der Waals surface area contributed by atoms with Crippen LogP contribution in [0.25, 0.3) is 0 Å². The maximum atomic E-state index is 12.0. The number of rotatable bonds is 2. The second kappa shape index (κ2) is 13.1. The van der Waals surface area contributed by atoms with Crippen LogP contribution in [0.4, 0.5) is 14.4 Å². The zero-order valence-corrected chi connectivity index (χ0v) is 31.5. The first kappa shape index (κ1) is 37.6. The number of allylic oxidation sites excluding steroid dienone is 3. The molecule has 0 aromatic heterocycles. The molecule has 2 aliphatic heterocycles. The van der Waals surface area contributed by atoms with E-state index in [0.29, 0.717) is 23.7 Å². The minimum atomic E-state index is -0.854. The third-order valence-electron chi connectivity index (χ3n) is 11.1. The summed E-state index contributed by atoms with van der Waals surface area (Å²) in [5, 5.41) is 11.9. The minimum Gasteiger partial charge on any atom is -0.481 e. The highest BCUT2D eigenvalue weighted by Crippen LogP contribution is 2.54. The number of nitrogens with zero attached hydrogens (tertiary/aromatic N) is 2. The summed E-state index contributed by atoms with van der Waals surface area (Å²) >= 11 is 0. The lowest BCUT2D eigenvalue weighted by Gasteiger charge is -2.46. The smallest absolute Gasteiger partial charge is 0.417 e. The zero-order valence-electron chi connectivity index (χ0n) is 31.5. The second-order valence-electron chi connectivity index (χ2n) is 18.3. The number of ether oxygens (including phenoxy) is 3. The molecule has 5 fully saturated rings. The first-order valence-corrected chi connectivity index (χ1v) is 18.4. The molecule has 0 spiro atoms. The van der Waals surface area contributed by atoms with E-state index in [0.717, 1.165) is 19.3 Å². The number of imide groups is 2. The normalized spacial score (nSPS) is 36.5. The van der Waals surface area contributed by atoms with Crippen molar-refractivity contribution >= 4 is 36.1 Å². The van der Waals surface area contributed by atoms with E-state index >= 15 is 0 Å². The number of carboxylic acid groups (broad SMARTS) is 1. The number of aliphatic carboxylic acids is 1. The van der Waals surface area contributed by atoms with Crippen molar-refractivity contribution in [1.29, 1.82) is 0 Å². The average molecular weight is 724 g/mol. The van der Waals surface area contributed by atoms with E-state index in [1.54, 1.807) is 20.8 Å². The molecule has 8 aliphatic rings. The molecule has 2 saturated heterocycles. The summed E-state index contributed by atoms with van der Waals surface area (Å²) in [6, 6.07) is -0.230. The Bertz CT molecular complexity index is 1530. The molecule has 0 aromatic carbocycles. The van der Waals surface area contributed by atoms with Gasteiger partial charge in [-0.25, -0.2) is 24.2 Å². The Hall–Kier alpha value is -4.16. The van der Waals surface area contributed by atoms with E-state index in [1.807, 2.05) is 53.7 Å². The molecule has 2 N–H and O–H groups in total. The number of likely N-dealkylation sites (tertiary alicyclic amines) is 2. The van der Waals surface area contributed by atoms with Crippen LogP contribution in [0, 0.1) is 53.3 Å². The molecule has 3 saturated carbocycles. The molecule has 5 amide bonds. The third kappa shape index (κ3) is 7.11. The molecule has 13 nitrogen and oxygen atoms in total. The molecule has 8 rings (SSSR count). The number of carboxylic acids is 1. The molecule has 2 heterocycles. The van der Waals surface area contributed by atoms with Gasteiger partial charge in [-0.1, -0.05) is 36.5 Å². The number of hydrogen-bond donors (Lipinski definition) is 2. The van der Waals surface area contributed by atoms with Gasteiger partial charge in [0.2, 0.25) is 11.8 Å². The Labute approximate surface area is 305 Å². The highest BCUT2D eigenvalue weighted by atomic mass is 16.6. The van der Waals surface area contributed by atoms with Gasteiger partial charge in [0.25, 0.3) is 0 Å². The fraction of sp³-hybridized carbons (Fsp3) is 0.692. The van der Waals surface area contributed by atoms with Crippen LogP contribution in [-0.2, 0) is 28.6 Å². The van der Waals surface area contributed by atoms with E-state index in [2.05, 4.69) is 29.6 Å². The molecule has 284 valence electrons. The molecular formula is C39H53N3O10. The SMILES string of the molecule is CC(C)(C)OC(=O)N1C(=O)[C@@H]2[C@H]1[C@H]1C=C[C@@H]2C1.CC(C)(C)OC(=O)N1C(=O)[C@H]2[C@@H]1[C@H]1C=C[C@@H]2C1.CC(C)(C)OC(=O)N[C@@H]1[C@H](C(=O)O)[C@H]2C=C[C@@H]1C2. The van der Waals surface area contributed by atoms with Crippen molar-refractivity contribution in [2.75, 3.05) is 0 Å². The van der Waals surface area contributed by atoms with E-state index in [9.17, 15) is 33.9 Å². The Balaban J connectivity index is 0.000000134. The predicted octanol–water partition coefficient (Wildman–Crippen LogP) is 5.70. The quantitative estimate of drug-likeness (QED) is 0.205. The number of β-lactam (4-membered cyclic amide) rings is 2. The van der Waals surface area contributed by atoms with Crippen molar-refractivity contribution in [2.24, 2.45) is 53.3 Å². The van der Waals surface area contributed by atoms with Crippen LogP contribution in [-0.4, -0.2) is 85.9 Å². The first-order valence-electron chi connectivity index (χ1n) is 18.4. The lowest BCUT2D eigenvalue weighted by Crippen LogP contribution is -2.65. The van der Waals surface area contributed by atoms with Gasteiger partial charge in [0.05, 0.1) is 35.9 Å². The molecule has 13 heteroatoms. The van der Waals surface area contributed by atoms with Gasteiger partial charge in [0.1, 0.15) is 16.8 Å². The highest BCUT2D eigenvalue weighted by Gasteiger charge is 2.64. The average Bonchev–Trinajstić information content (AvgIpc) is 3.82. The number of alkyl carbamates (subject to hydrolysis) is 1. The molecule has 0 unspecified atom stereocenters. The third-order valence-corrected chi connectivity index (χ3v) is 11.1. The summed E-state index contributed by atoms with van der Waals surface area (Å²) < 4.78 is 15.7. The number of fused-ring (bicyclic) bond motifs is 12. The zero-order chi connectivity index (χ0) is 38.2. The van der Waals surface area contributed by atoms with Gasteiger partial charge < -0.3 is 24.6 Å². The van der Waals surface area contributed by atoms with Crippen LogP contribution >= 0.6 is 0 Å². The topological polar surface area (TPSA) is 169 Å². The van der Waals surface area contributed by atoms with E-state index in [4.69, 9.17) is 14.2 Å². The van der Waals surface area contributed by atoms with Gasteiger partial charge in [-0.3, -0.25) is 14.4 Å². The highest BCUT2D eigenvalue weighted by molar-refractivity contribution is 6.01. The minimum absolute atomic E-state index is 0.0347. The molecule has 0 aromatic rings. The van der Waals surface area contributed by atoms with Gasteiger partial charge >= 0.3 is 24.2 Å². The number of nitrogens with one attached hydrogen (secondary N) is 1. The van der Waals surface area contributed by atoms with Crippen LogP contribution < -0.4 is 5.32 Å². The summed E-state index contributed by atoms with van der Waals surface area (Å²) in [5.41, 5.74) is -1.66. The number of carbonyl (C=O) groups is 6. The van der Waals surface area contributed by atoms with E-state index in [1.165, 1.54) is 9.80 Å². The maximum absolute atomic E-state index is 12.0. The molecule has 6 aliphatic carbocycles. The summed E-state index contributed by atoms with van der Waals surface area (Å²) in [6.07, 6.45) is 13.8. The van der Waals surface area contributed by atoms with Crippen molar-refractivity contribution in [1.82, 2.24) is 15.1 Å². The van der Waals surface area contributed by atoms with Gasteiger partial charge in [0, 0.05) is 0 Å². The fourth-order valence-corrected chi connectivity index (χ4v) is 9.25. The van der Waals surface area contributed by atoms with Gasteiger partial charge in [-0.2, -0.15) is 0 Å². The molecule has 52 heavy (non-hydrogen) atoms. The van der Waals surface area contributed by atoms with Crippen molar-refractivity contribution in [2.45, 2.75) is 117 Å². The van der Waals surface area contributed by atoms with E-state index < -0.39 is 47.0 Å². The lowest BCUT2D eigenvalue weighted by molar-refractivity contribution is -0.155. The molecule has 12 atom stereocenters. The summed E-state index contributed by atoms with van der Waals surface area (Å²) in [7, 11) is 0. The van der Waals surface area contributed by atoms with Crippen LogP contribution in [0.1, 0.15) is 81.6 Å². The molecular weight excluding hydrogens is 670 g/mol. The summed E-state index contributed by atoms with van der Waals surface area (Å²) in [4.78, 5) is 73.4. The number of carbonyl (C=O) groups excluding carboxylic acids is 5. The fourth-order valence-electron chi connectivity index (χ4n) is 9.25. The van der Waals surface area contributed by atoms with Crippen molar-refractivity contribution in [3.8, 4) is 0 Å². The van der Waals surface area contributed by atoms with Crippen LogP contribution in [0.3, 0.4) is 0 Å². The molecule has 0 radical (unpaired) electrons. The van der Waals surface area contributed by atoms with E-state index in [-0.39, 0.29) is 53.6 Å². The Morgan fingerprint density at radius 1 is 0.596 bits per heavy atom. The van der Waals surface area contributed by atoms with Gasteiger partial charge in [-0.05, 0) is 117 Å². The summed E-state index contributed by atoms with van der Waals surface area (Å²) in [6.45, 7) is 16.2. The van der Waals surface area contributed by atoms with Crippen LogP contribution in [0.2, 0.25) is 0 Å². The first-order chi connectivity index (χ1) is 24.0.